The Kier molecular flexibility index (Phi) is 7.22. The Morgan fingerprint density at radius 3 is 2.50 bits per heavy atom. The number of fused-ring (bicyclic) bond motifs is 1. The van der Waals surface area contributed by atoms with E-state index in [9.17, 15) is 8.42 Å². The Hall–Kier alpha value is -1.09. The van der Waals surface area contributed by atoms with Crippen LogP contribution in [0.15, 0.2) is 46.9 Å². The van der Waals surface area contributed by atoms with Crippen LogP contribution in [0.3, 0.4) is 0 Å². The van der Waals surface area contributed by atoms with Crippen molar-refractivity contribution in [1.82, 2.24) is 0 Å². The third kappa shape index (κ3) is 5.03. The number of hydrogen-bond acceptors (Lipinski definition) is 2. The van der Waals surface area contributed by atoms with Crippen molar-refractivity contribution in [2.24, 2.45) is 17.3 Å². The smallest absolute Gasteiger partial charge is 0.176 e. The van der Waals surface area contributed by atoms with E-state index in [2.05, 4.69) is 25.7 Å². The second kappa shape index (κ2) is 9.18. The minimum atomic E-state index is -3.17. The van der Waals surface area contributed by atoms with Crippen molar-refractivity contribution < 1.29 is 8.42 Å². The van der Waals surface area contributed by atoms with Gasteiger partial charge in [-0.25, -0.2) is 8.42 Å². The molecule has 0 radical (unpaired) electrons. The standard InChI is InChI=1S/C27H42O2S/c1-21-11-6-7-12-22(21)15-16-23-13-10-19-27(5)24(17-18-25(23)27)14-8-9-20-30(28,29)26(2,3)4/h9,15-16,20,24-25H,1,6-8,10-14,17-19H2,2-5H3/b20-9+,22-15-,23-16+/t24?,25-,27+/m0/s1. The highest BCUT2D eigenvalue weighted by molar-refractivity contribution is 7.95. The summed E-state index contributed by atoms with van der Waals surface area (Å²) in [7, 11) is -3.17. The summed E-state index contributed by atoms with van der Waals surface area (Å²) in [6.45, 7) is 12.1. The Bertz CT molecular complexity index is 835. The van der Waals surface area contributed by atoms with Crippen LogP contribution in [0.25, 0.3) is 0 Å². The lowest BCUT2D eigenvalue weighted by atomic mass is 9.62. The zero-order valence-electron chi connectivity index (χ0n) is 19.7. The maximum atomic E-state index is 12.3. The van der Waals surface area contributed by atoms with Crippen molar-refractivity contribution in [1.29, 1.82) is 0 Å². The molecule has 3 aliphatic rings. The fourth-order valence-electron chi connectivity index (χ4n) is 5.92. The van der Waals surface area contributed by atoms with Gasteiger partial charge in [-0.05, 0) is 114 Å². The summed E-state index contributed by atoms with van der Waals surface area (Å²) in [6, 6.07) is 0. The third-order valence-corrected chi connectivity index (χ3v) is 10.4. The summed E-state index contributed by atoms with van der Waals surface area (Å²) >= 11 is 0. The lowest BCUT2D eigenvalue weighted by molar-refractivity contribution is 0.130. The van der Waals surface area contributed by atoms with Crippen molar-refractivity contribution in [3.63, 3.8) is 0 Å². The maximum absolute atomic E-state index is 12.3. The average Bonchev–Trinajstić information content (AvgIpc) is 3.00. The van der Waals surface area contributed by atoms with Gasteiger partial charge in [-0.3, -0.25) is 0 Å². The Morgan fingerprint density at radius 2 is 1.80 bits per heavy atom. The van der Waals surface area contributed by atoms with Crippen LogP contribution in [-0.4, -0.2) is 13.2 Å². The third-order valence-electron chi connectivity index (χ3n) is 8.10. The zero-order valence-corrected chi connectivity index (χ0v) is 20.5. The van der Waals surface area contributed by atoms with Gasteiger partial charge in [-0.1, -0.05) is 42.9 Å². The van der Waals surface area contributed by atoms with E-state index in [1.165, 1.54) is 67.9 Å². The molecule has 3 saturated carbocycles. The second-order valence-corrected chi connectivity index (χ2v) is 13.6. The highest BCUT2D eigenvalue weighted by Gasteiger charge is 2.48. The van der Waals surface area contributed by atoms with Gasteiger partial charge >= 0.3 is 0 Å². The Balaban J connectivity index is 1.65. The summed E-state index contributed by atoms with van der Waals surface area (Å²) in [5, 5.41) is 1.46. The minimum absolute atomic E-state index is 0.378. The maximum Gasteiger partial charge on any atom is 0.176 e. The Morgan fingerprint density at radius 1 is 1.07 bits per heavy atom. The molecule has 0 bridgehead atoms. The van der Waals surface area contributed by atoms with Gasteiger partial charge < -0.3 is 0 Å². The summed E-state index contributed by atoms with van der Waals surface area (Å²) in [5.74, 6) is 1.40. The molecule has 0 N–H and O–H groups in total. The monoisotopic (exact) mass is 430 g/mol. The molecule has 3 atom stereocenters. The van der Waals surface area contributed by atoms with Gasteiger partial charge in [-0.2, -0.15) is 0 Å². The molecule has 0 aromatic rings. The van der Waals surface area contributed by atoms with Crippen LogP contribution >= 0.6 is 0 Å². The normalized spacial score (nSPS) is 33.5. The highest BCUT2D eigenvalue weighted by atomic mass is 32.2. The predicted molar refractivity (Wildman–Crippen MR) is 129 cm³/mol. The molecule has 2 nitrogen and oxygen atoms in total. The predicted octanol–water partition coefficient (Wildman–Crippen LogP) is 7.69. The van der Waals surface area contributed by atoms with Crippen LogP contribution in [0.5, 0.6) is 0 Å². The van der Waals surface area contributed by atoms with E-state index in [4.69, 9.17) is 0 Å². The summed E-state index contributed by atoms with van der Waals surface area (Å²) < 4.78 is 23.9. The number of rotatable bonds is 5. The van der Waals surface area contributed by atoms with E-state index in [1.54, 1.807) is 26.3 Å². The first kappa shape index (κ1) is 23.6. The van der Waals surface area contributed by atoms with Gasteiger partial charge in [0.2, 0.25) is 0 Å². The van der Waals surface area contributed by atoms with Crippen LogP contribution in [0.4, 0.5) is 0 Å². The number of allylic oxidation sites excluding steroid dienone is 6. The first-order valence-corrected chi connectivity index (χ1v) is 13.6. The van der Waals surface area contributed by atoms with Gasteiger partial charge in [0.15, 0.2) is 9.84 Å². The fraction of sp³-hybridized carbons (Fsp3) is 0.704. The van der Waals surface area contributed by atoms with E-state index < -0.39 is 14.6 Å². The van der Waals surface area contributed by atoms with Gasteiger partial charge in [0.1, 0.15) is 0 Å². The Labute approximate surface area is 185 Å². The number of sulfone groups is 1. The molecule has 3 rings (SSSR count). The molecule has 3 aliphatic carbocycles. The van der Waals surface area contributed by atoms with Crippen molar-refractivity contribution in [2.45, 2.75) is 103 Å². The van der Waals surface area contributed by atoms with Gasteiger partial charge in [0, 0.05) is 5.41 Å². The van der Waals surface area contributed by atoms with Crippen molar-refractivity contribution in [3.05, 3.63) is 46.9 Å². The van der Waals surface area contributed by atoms with E-state index >= 15 is 0 Å². The molecule has 168 valence electrons. The molecule has 0 spiro atoms. The largest absolute Gasteiger partial charge is 0.224 e. The minimum Gasteiger partial charge on any atom is -0.224 e. The van der Waals surface area contributed by atoms with Gasteiger partial charge in [0.25, 0.3) is 0 Å². The molecule has 30 heavy (non-hydrogen) atoms. The second-order valence-electron chi connectivity index (χ2n) is 11.0. The lowest BCUT2D eigenvalue weighted by Crippen LogP contribution is -2.33. The molecular weight excluding hydrogens is 388 g/mol. The molecular formula is C27H42O2S. The summed E-state index contributed by atoms with van der Waals surface area (Å²) in [4.78, 5) is 0. The quantitative estimate of drug-likeness (QED) is 0.448. The average molecular weight is 431 g/mol. The van der Waals surface area contributed by atoms with E-state index in [1.807, 2.05) is 6.08 Å². The van der Waals surface area contributed by atoms with E-state index in [0.717, 1.165) is 19.3 Å². The molecule has 0 aliphatic heterocycles. The van der Waals surface area contributed by atoms with Crippen molar-refractivity contribution >= 4 is 9.84 Å². The van der Waals surface area contributed by atoms with Crippen LogP contribution in [0.1, 0.15) is 98.3 Å². The van der Waals surface area contributed by atoms with E-state index in [-0.39, 0.29) is 0 Å². The molecule has 0 heterocycles. The van der Waals surface area contributed by atoms with Gasteiger partial charge in [0.05, 0.1) is 4.75 Å². The van der Waals surface area contributed by atoms with Crippen LogP contribution in [0, 0.1) is 17.3 Å². The highest BCUT2D eigenvalue weighted by Crippen LogP contribution is 2.58. The van der Waals surface area contributed by atoms with E-state index in [0.29, 0.717) is 17.3 Å². The van der Waals surface area contributed by atoms with Crippen LogP contribution < -0.4 is 0 Å². The summed E-state index contributed by atoms with van der Waals surface area (Å²) in [5.41, 5.74) is 4.85. The lowest BCUT2D eigenvalue weighted by Gasteiger charge is -2.42. The molecule has 0 saturated heterocycles. The molecule has 0 aromatic carbocycles. The SMILES string of the molecule is C=C1CCCC/C1=C/C=C1\CCC[C@]2(C)C(CC/C=C/S(=O)(=O)C(C)(C)C)CC[C@@H]12. The van der Waals surface area contributed by atoms with Crippen molar-refractivity contribution in [2.75, 3.05) is 0 Å². The van der Waals surface area contributed by atoms with Gasteiger partial charge in [-0.15, -0.1) is 0 Å². The molecule has 0 aromatic heterocycles. The zero-order chi connectivity index (χ0) is 22.0. The first-order chi connectivity index (χ1) is 14.0. The van der Waals surface area contributed by atoms with Crippen LogP contribution in [0.2, 0.25) is 0 Å². The summed E-state index contributed by atoms with van der Waals surface area (Å²) in [6.07, 6.45) is 20.1. The first-order valence-electron chi connectivity index (χ1n) is 12.0. The molecule has 3 heteroatoms. The molecule has 0 amide bonds. The van der Waals surface area contributed by atoms with Crippen LogP contribution in [-0.2, 0) is 9.84 Å². The topological polar surface area (TPSA) is 34.1 Å². The number of hydrogen-bond donors (Lipinski definition) is 0. The molecule has 3 fully saturated rings. The van der Waals surface area contributed by atoms with Crippen molar-refractivity contribution in [3.8, 4) is 0 Å². The fourth-order valence-corrected chi connectivity index (χ4v) is 6.71. The molecule has 1 unspecified atom stereocenters.